The molecule has 0 saturated carbocycles. The summed E-state index contributed by atoms with van der Waals surface area (Å²) in [6.45, 7) is 2.09. The van der Waals surface area contributed by atoms with Crippen molar-refractivity contribution in [1.82, 2.24) is 10.2 Å². The molecule has 1 aromatic rings. The molecule has 126 valence electrons. The van der Waals surface area contributed by atoms with Gasteiger partial charge in [0.05, 0.1) is 13.2 Å². The number of amides is 1. The van der Waals surface area contributed by atoms with Gasteiger partial charge in [-0.1, -0.05) is 12.1 Å². The summed E-state index contributed by atoms with van der Waals surface area (Å²) in [6.07, 6.45) is 5.58. The molecule has 2 heterocycles. The second kappa shape index (κ2) is 6.91. The fourth-order valence-corrected chi connectivity index (χ4v) is 4.05. The van der Waals surface area contributed by atoms with Crippen LogP contribution in [0.5, 0.6) is 5.75 Å². The van der Waals surface area contributed by atoms with Crippen molar-refractivity contribution in [3.05, 3.63) is 29.8 Å². The van der Waals surface area contributed by atoms with Crippen molar-refractivity contribution in [3.63, 3.8) is 0 Å². The molecule has 1 aromatic carbocycles. The molecule has 0 aromatic heterocycles. The van der Waals surface area contributed by atoms with E-state index in [1.165, 1.54) is 12.8 Å². The van der Waals surface area contributed by atoms with Gasteiger partial charge in [0.2, 0.25) is 5.91 Å². The number of benzene rings is 1. The van der Waals surface area contributed by atoms with Gasteiger partial charge in [0.25, 0.3) is 0 Å². The first-order chi connectivity index (χ1) is 11.1. The highest BCUT2D eigenvalue weighted by atomic mass is 16.5. The van der Waals surface area contributed by atoms with Crippen LogP contribution in [0, 0.1) is 5.92 Å². The fourth-order valence-electron chi connectivity index (χ4n) is 4.05. The summed E-state index contributed by atoms with van der Waals surface area (Å²) >= 11 is 0. The van der Waals surface area contributed by atoms with Crippen molar-refractivity contribution in [3.8, 4) is 5.75 Å². The molecule has 1 N–H and O–H groups in total. The van der Waals surface area contributed by atoms with Crippen molar-refractivity contribution >= 4 is 5.91 Å². The van der Waals surface area contributed by atoms with E-state index in [0.29, 0.717) is 24.4 Å². The predicted octanol–water partition coefficient (Wildman–Crippen LogP) is 3.14. The number of carbonyl (C=O) groups is 1. The third kappa shape index (κ3) is 3.69. The fraction of sp³-hybridized carbons (Fsp3) is 0.632. The van der Waals surface area contributed by atoms with Gasteiger partial charge in [-0.3, -0.25) is 4.79 Å². The molecule has 4 nitrogen and oxygen atoms in total. The smallest absolute Gasteiger partial charge is 0.223 e. The van der Waals surface area contributed by atoms with Gasteiger partial charge >= 0.3 is 0 Å². The molecule has 2 bridgehead atoms. The third-order valence-electron chi connectivity index (χ3n) is 5.61. The minimum Gasteiger partial charge on any atom is -0.497 e. The zero-order valence-corrected chi connectivity index (χ0v) is 14.4. The maximum atomic E-state index is 12.7. The molecule has 3 rings (SSSR count). The van der Waals surface area contributed by atoms with Crippen LogP contribution in [0.2, 0.25) is 0 Å². The van der Waals surface area contributed by atoms with Crippen LogP contribution in [0.1, 0.15) is 50.6 Å². The lowest BCUT2D eigenvalue weighted by Gasteiger charge is -2.31. The van der Waals surface area contributed by atoms with E-state index in [1.54, 1.807) is 7.11 Å². The summed E-state index contributed by atoms with van der Waals surface area (Å²) in [7, 11) is 3.59. The third-order valence-corrected chi connectivity index (χ3v) is 5.61. The van der Waals surface area contributed by atoms with Crippen LogP contribution in [0.3, 0.4) is 0 Å². The van der Waals surface area contributed by atoms with Gasteiger partial charge in [0.15, 0.2) is 0 Å². The van der Waals surface area contributed by atoms with Crippen LogP contribution < -0.4 is 10.1 Å². The Hall–Kier alpha value is -1.55. The van der Waals surface area contributed by atoms with E-state index in [2.05, 4.69) is 12.2 Å². The van der Waals surface area contributed by atoms with E-state index in [-0.39, 0.29) is 11.9 Å². The number of methoxy groups -OCH3 is 1. The Morgan fingerprint density at radius 2 is 1.87 bits per heavy atom. The van der Waals surface area contributed by atoms with Gasteiger partial charge in [-0.25, -0.2) is 0 Å². The highest BCUT2D eigenvalue weighted by Crippen LogP contribution is 2.33. The summed E-state index contributed by atoms with van der Waals surface area (Å²) in [4.78, 5) is 14.6. The second-order valence-corrected chi connectivity index (χ2v) is 7.13. The van der Waals surface area contributed by atoms with Gasteiger partial charge < -0.3 is 15.0 Å². The molecule has 2 aliphatic heterocycles. The van der Waals surface area contributed by atoms with Gasteiger partial charge in [0.1, 0.15) is 5.75 Å². The first-order valence-electron chi connectivity index (χ1n) is 8.72. The van der Waals surface area contributed by atoms with E-state index < -0.39 is 0 Å². The second-order valence-electron chi connectivity index (χ2n) is 7.13. The maximum Gasteiger partial charge on any atom is 0.223 e. The van der Waals surface area contributed by atoms with Gasteiger partial charge in [-0.05, 0) is 56.2 Å². The molecular formula is C19H28N2O2. The van der Waals surface area contributed by atoms with Crippen LogP contribution in [0.4, 0.5) is 0 Å². The Bertz CT molecular complexity index is 531. The van der Waals surface area contributed by atoms with Crippen molar-refractivity contribution in [2.75, 3.05) is 14.2 Å². The molecule has 23 heavy (non-hydrogen) atoms. The van der Waals surface area contributed by atoms with Crippen molar-refractivity contribution in [2.45, 2.75) is 57.2 Å². The molecule has 0 aliphatic carbocycles. The quantitative estimate of drug-likeness (QED) is 0.907. The highest BCUT2D eigenvalue weighted by Gasteiger charge is 2.34. The molecule has 4 heteroatoms. The molecule has 2 aliphatic rings. The standard InChI is InChI=1S/C19H28N2O2/c1-13(15-4-8-18(23-3)9-5-15)21(2)19(22)12-14-10-16-6-7-17(11-14)20-16/h4-5,8-9,13-14,16-17,20H,6-7,10-12H2,1-3H3. The van der Waals surface area contributed by atoms with Gasteiger partial charge in [-0.2, -0.15) is 0 Å². The van der Waals surface area contributed by atoms with Crippen LogP contribution in [0.25, 0.3) is 0 Å². The molecule has 1 amide bonds. The largest absolute Gasteiger partial charge is 0.497 e. The molecule has 2 fully saturated rings. The predicted molar refractivity (Wildman–Crippen MR) is 91.5 cm³/mol. The van der Waals surface area contributed by atoms with Crippen LogP contribution in [0.15, 0.2) is 24.3 Å². The molecule has 0 spiro atoms. The van der Waals surface area contributed by atoms with E-state index in [0.717, 1.165) is 24.2 Å². The van der Waals surface area contributed by atoms with E-state index in [9.17, 15) is 4.79 Å². The Morgan fingerprint density at radius 1 is 1.26 bits per heavy atom. The number of piperidine rings is 1. The Kier molecular flexibility index (Phi) is 4.90. The SMILES string of the molecule is COc1ccc(C(C)N(C)C(=O)CC2CC3CCC(C2)N3)cc1. The Labute approximate surface area is 139 Å². The Balaban J connectivity index is 1.57. The lowest BCUT2D eigenvalue weighted by molar-refractivity contribution is -0.133. The van der Waals surface area contributed by atoms with E-state index in [1.807, 2.05) is 36.2 Å². The number of nitrogens with one attached hydrogen (secondary N) is 1. The first-order valence-corrected chi connectivity index (χ1v) is 8.72. The van der Waals surface area contributed by atoms with E-state index in [4.69, 9.17) is 4.74 Å². The van der Waals surface area contributed by atoms with Crippen molar-refractivity contribution in [2.24, 2.45) is 5.92 Å². The average Bonchev–Trinajstić information content (AvgIpc) is 2.92. The summed E-state index contributed by atoms with van der Waals surface area (Å²) in [5.74, 6) is 1.66. The topological polar surface area (TPSA) is 41.6 Å². The van der Waals surface area contributed by atoms with Crippen LogP contribution in [-0.4, -0.2) is 37.0 Å². The summed E-state index contributed by atoms with van der Waals surface area (Å²) in [5.41, 5.74) is 1.15. The lowest BCUT2D eigenvalue weighted by Crippen LogP contribution is -2.40. The molecular weight excluding hydrogens is 288 g/mol. The normalized spacial score (nSPS) is 27.5. The van der Waals surface area contributed by atoms with Gasteiger partial charge in [0, 0.05) is 25.6 Å². The summed E-state index contributed by atoms with van der Waals surface area (Å²) in [5, 5.41) is 3.65. The van der Waals surface area contributed by atoms with Crippen molar-refractivity contribution < 1.29 is 9.53 Å². The number of hydrogen-bond acceptors (Lipinski definition) is 3. The zero-order chi connectivity index (χ0) is 16.4. The average molecular weight is 316 g/mol. The number of carbonyl (C=O) groups excluding carboxylic acids is 1. The monoisotopic (exact) mass is 316 g/mol. The van der Waals surface area contributed by atoms with Crippen LogP contribution in [-0.2, 0) is 4.79 Å². The lowest BCUT2D eigenvalue weighted by atomic mass is 9.89. The van der Waals surface area contributed by atoms with E-state index >= 15 is 0 Å². The number of hydrogen-bond donors (Lipinski definition) is 1. The molecule has 2 saturated heterocycles. The summed E-state index contributed by atoms with van der Waals surface area (Å²) < 4.78 is 5.20. The molecule has 3 unspecified atom stereocenters. The molecule has 3 atom stereocenters. The maximum absolute atomic E-state index is 12.7. The Morgan fingerprint density at radius 3 is 2.43 bits per heavy atom. The minimum absolute atomic E-state index is 0.0897. The summed E-state index contributed by atoms with van der Waals surface area (Å²) in [6, 6.07) is 9.37. The number of fused-ring (bicyclic) bond motifs is 2. The number of nitrogens with zero attached hydrogens (tertiary/aromatic N) is 1. The number of ether oxygens (including phenoxy) is 1. The highest BCUT2D eigenvalue weighted by molar-refractivity contribution is 5.76. The zero-order valence-electron chi connectivity index (χ0n) is 14.4. The van der Waals surface area contributed by atoms with Crippen LogP contribution >= 0.6 is 0 Å². The van der Waals surface area contributed by atoms with Crippen molar-refractivity contribution in [1.29, 1.82) is 0 Å². The minimum atomic E-state index is 0.0897. The molecule has 0 radical (unpaired) electrons. The van der Waals surface area contributed by atoms with Gasteiger partial charge in [-0.15, -0.1) is 0 Å². The first kappa shape index (κ1) is 16.3. The number of rotatable bonds is 5.